The maximum absolute atomic E-state index is 8.55. The zero-order valence-corrected chi connectivity index (χ0v) is 10.1. The van der Waals surface area contributed by atoms with Gasteiger partial charge in [0.15, 0.2) is 0 Å². The number of hydrogen-bond donors (Lipinski definition) is 0. The van der Waals surface area contributed by atoms with Gasteiger partial charge >= 0.3 is 9.53 Å². The van der Waals surface area contributed by atoms with Crippen molar-refractivity contribution in [2.24, 2.45) is 5.92 Å². The average molecular weight is 216 g/mol. The van der Waals surface area contributed by atoms with Gasteiger partial charge in [-0.05, 0) is 27.2 Å². The minimum atomic E-state index is -1.56. The Balaban J connectivity index is 3.55. The molecule has 5 heteroatoms. The van der Waals surface area contributed by atoms with Crippen LogP contribution in [0.4, 0.5) is 0 Å². The number of nitrogens with zero attached hydrogens (tertiary/aromatic N) is 1. The molecule has 81 valence electrons. The summed E-state index contributed by atoms with van der Waals surface area (Å²) in [5, 5.41) is 8.55. The van der Waals surface area contributed by atoms with E-state index in [2.05, 4.69) is 6.07 Å². The summed E-state index contributed by atoms with van der Waals surface area (Å²) < 4.78 is 15.9. The molecule has 0 aliphatic rings. The smallest absolute Gasteiger partial charge is 0.371 e. The first-order valence-corrected chi connectivity index (χ1v) is 6.12. The van der Waals surface area contributed by atoms with Crippen LogP contribution in [0.3, 0.4) is 0 Å². The van der Waals surface area contributed by atoms with Gasteiger partial charge in [-0.2, -0.15) is 5.26 Å². The van der Waals surface area contributed by atoms with E-state index in [1.165, 1.54) is 0 Å². The molecule has 1 atom stereocenters. The van der Waals surface area contributed by atoms with E-state index in [0.717, 1.165) is 6.42 Å². The standard InChI is InChI=1S/C9H18NO3Si/c1-4-11-14(12-5-2)13-7-6-9(3)8-10/h9H,4-7H2,1-3H3. The van der Waals surface area contributed by atoms with E-state index in [1.54, 1.807) is 0 Å². The minimum absolute atomic E-state index is 0.0292. The Kier molecular flexibility index (Phi) is 8.88. The van der Waals surface area contributed by atoms with Crippen molar-refractivity contribution in [3.8, 4) is 6.07 Å². The lowest BCUT2D eigenvalue weighted by Crippen LogP contribution is -2.28. The number of rotatable bonds is 8. The number of hydrogen-bond acceptors (Lipinski definition) is 4. The van der Waals surface area contributed by atoms with Crippen LogP contribution in [0.25, 0.3) is 0 Å². The summed E-state index contributed by atoms with van der Waals surface area (Å²) in [6, 6.07) is 2.15. The normalized spacial score (nSPS) is 12.8. The molecule has 0 aliphatic carbocycles. The monoisotopic (exact) mass is 216 g/mol. The Labute approximate surface area is 87.7 Å². The molecule has 0 aliphatic heterocycles. The molecule has 0 N–H and O–H groups in total. The van der Waals surface area contributed by atoms with Crippen molar-refractivity contribution in [1.29, 1.82) is 5.26 Å². The van der Waals surface area contributed by atoms with Crippen molar-refractivity contribution >= 4 is 9.53 Å². The van der Waals surface area contributed by atoms with Crippen molar-refractivity contribution in [1.82, 2.24) is 0 Å². The van der Waals surface area contributed by atoms with Gasteiger partial charge < -0.3 is 13.3 Å². The van der Waals surface area contributed by atoms with Crippen LogP contribution >= 0.6 is 0 Å². The average Bonchev–Trinajstić information content (AvgIpc) is 2.18. The maximum Gasteiger partial charge on any atom is 0.577 e. The molecule has 0 aromatic carbocycles. The molecule has 0 saturated carbocycles. The zero-order valence-electron chi connectivity index (χ0n) is 9.08. The van der Waals surface area contributed by atoms with Crippen molar-refractivity contribution < 1.29 is 13.3 Å². The molecule has 0 spiro atoms. The maximum atomic E-state index is 8.55. The lowest BCUT2D eigenvalue weighted by molar-refractivity contribution is 0.0990. The van der Waals surface area contributed by atoms with E-state index in [9.17, 15) is 0 Å². The molecular formula is C9H18NO3Si. The summed E-state index contributed by atoms with van der Waals surface area (Å²) in [5.41, 5.74) is 0. The predicted octanol–water partition coefficient (Wildman–Crippen LogP) is 1.61. The largest absolute Gasteiger partial charge is 0.577 e. The van der Waals surface area contributed by atoms with Crippen LogP contribution in [0.2, 0.25) is 0 Å². The SMILES string of the molecule is CCO[Si](OCC)OCCC(C)C#N. The molecule has 0 amide bonds. The minimum Gasteiger partial charge on any atom is -0.371 e. The van der Waals surface area contributed by atoms with Crippen molar-refractivity contribution in [3.05, 3.63) is 0 Å². The van der Waals surface area contributed by atoms with Gasteiger partial charge in [0.1, 0.15) is 0 Å². The summed E-state index contributed by atoms with van der Waals surface area (Å²) in [7, 11) is -1.56. The first-order valence-electron chi connectivity index (χ1n) is 4.89. The highest BCUT2D eigenvalue weighted by molar-refractivity contribution is 6.36. The third-order valence-electron chi connectivity index (χ3n) is 1.52. The quantitative estimate of drug-likeness (QED) is 0.578. The fourth-order valence-corrected chi connectivity index (χ4v) is 1.75. The van der Waals surface area contributed by atoms with Crippen LogP contribution < -0.4 is 0 Å². The van der Waals surface area contributed by atoms with E-state index in [1.807, 2.05) is 20.8 Å². The van der Waals surface area contributed by atoms with Crippen molar-refractivity contribution in [3.63, 3.8) is 0 Å². The fraction of sp³-hybridized carbons (Fsp3) is 0.889. The molecular weight excluding hydrogens is 198 g/mol. The first kappa shape index (κ1) is 13.6. The van der Waals surface area contributed by atoms with Crippen LogP contribution in [0.5, 0.6) is 0 Å². The highest BCUT2D eigenvalue weighted by atomic mass is 28.3. The lowest BCUT2D eigenvalue weighted by atomic mass is 10.1. The molecule has 0 saturated heterocycles. The van der Waals surface area contributed by atoms with Crippen LogP contribution in [0.15, 0.2) is 0 Å². The molecule has 1 unspecified atom stereocenters. The topological polar surface area (TPSA) is 51.5 Å². The Morgan fingerprint density at radius 3 is 2.21 bits per heavy atom. The van der Waals surface area contributed by atoms with Crippen molar-refractivity contribution in [2.45, 2.75) is 27.2 Å². The van der Waals surface area contributed by atoms with Gasteiger partial charge in [-0.25, -0.2) is 0 Å². The summed E-state index contributed by atoms with van der Waals surface area (Å²) in [6.07, 6.45) is 0.727. The predicted molar refractivity (Wildman–Crippen MR) is 54.4 cm³/mol. The molecule has 0 fully saturated rings. The van der Waals surface area contributed by atoms with Gasteiger partial charge in [0.25, 0.3) is 0 Å². The molecule has 0 bridgehead atoms. The van der Waals surface area contributed by atoms with Crippen LogP contribution in [-0.2, 0) is 13.3 Å². The second kappa shape index (κ2) is 9.15. The third-order valence-corrected chi connectivity index (χ3v) is 3.00. The number of nitriles is 1. The Hall–Kier alpha value is -0.413. The van der Waals surface area contributed by atoms with Gasteiger partial charge in [0.2, 0.25) is 0 Å². The van der Waals surface area contributed by atoms with E-state index in [0.29, 0.717) is 19.8 Å². The first-order chi connectivity index (χ1) is 6.74. The van der Waals surface area contributed by atoms with Gasteiger partial charge in [-0.1, -0.05) is 0 Å². The Morgan fingerprint density at radius 1 is 1.21 bits per heavy atom. The summed E-state index contributed by atoms with van der Waals surface area (Å²) in [6.45, 7) is 7.42. The fourth-order valence-electron chi connectivity index (χ4n) is 0.744. The van der Waals surface area contributed by atoms with E-state index >= 15 is 0 Å². The molecule has 0 aromatic rings. The van der Waals surface area contributed by atoms with Crippen LogP contribution in [0.1, 0.15) is 27.2 Å². The molecule has 0 aromatic heterocycles. The Bertz CT molecular complexity index is 166. The second-order valence-corrected chi connectivity index (χ2v) is 4.15. The van der Waals surface area contributed by atoms with E-state index in [4.69, 9.17) is 18.5 Å². The molecule has 14 heavy (non-hydrogen) atoms. The lowest BCUT2D eigenvalue weighted by Gasteiger charge is -2.12. The van der Waals surface area contributed by atoms with Gasteiger partial charge in [0.05, 0.1) is 6.07 Å². The third kappa shape index (κ3) is 7.03. The highest BCUT2D eigenvalue weighted by Gasteiger charge is 2.17. The van der Waals surface area contributed by atoms with E-state index < -0.39 is 9.53 Å². The zero-order chi connectivity index (χ0) is 10.8. The van der Waals surface area contributed by atoms with Gasteiger partial charge in [-0.15, -0.1) is 0 Å². The van der Waals surface area contributed by atoms with E-state index in [-0.39, 0.29) is 5.92 Å². The highest BCUT2D eigenvalue weighted by Crippen LogP contribution is 2.01. The molecule has 4 nitrogen and oxygen atoms in total. The summed E-state index contributed by atoms with van der Waals surface area (Å²) in [4.78, 5) is 0. The van der Waals surface area contributed by atoms with Gasteiger partial charge in [-0.3, -0.25) is 0 Å². The second-order valence-electron chi connectivity index (χ2n) is 2.78. The Morgan fingerprint density at radius 2 is 1.79 bits per heavy atom. The van der Waals surface area contributed by atoms with Crippen LogP contribution in [-0.4, -0.2) is 29.3 Å². The van der Waals surface area contributed by atoms with Gasteiger partial charge in [0, 0.05) is 25.7 Å². The molecule has 1 radical (unpaired) electrons. The molecule has 0 heterocycles. The molecule has 0 rings (SSSR count). The summed E-state index contributed by atoms with van der Waals surface area (Å²) in [5.74, 6) is 0.0292. The summed E-state index contributed by atoms with van der Waals surface area (Å²) >= 11 is 0. The van der Waals surface area contributed by atoms with Crippen molar-refractivity contribution in [2.75, 3.05) is 19.8 Å². The van der Waals surface area contributed by atoms with Crippen LogP contribution in [0, 0.1) is 17.2 Å².